The fourth-order valence-electron chi connectivity index (χ4n) is 2.93. The van der Waals surface area contributed by atoms with Crippen molar-refractivity contribution in [3.63, 3.8) is 0 Å². The van der Waals surface area contributed by atoms with Crippen LogP contribution in [0, 0.1) is 0 Å². The molecule has 1 saturated heterocycles. The van der Waals surface area contributed by atoms with Crippen LogP contribution >= 0.6 is 11.6 Å². The first-order valence-corrected chi connectivity index (χ1v) is 9.55. The molecule has 0 radical (unpaired) electrons. The van der Waals surface area contributed by atoms with E-state index in [1.807, 2.05) is 0 Å². The number of benzene rings is 1. The van der Waals surface area contributed by atoms with Crippen molar-refractivity contribution in [1.29, 1.82) is 0 Å². The lowest BCUT2D eigenvalue weighted by Gasteiger charge is -2.34. The van der Waals surface area contributed by atoms with E-state index in [9.17, 15) is 22.8 Å². The Labute approximate surface area is 175 Å². The molecule has 1 N–H and O–H groups in total. The standard InChI is InChI=1S/C18H19ClF3N5O3/c19-13-3-1-2-12(10-13)16-24-14(30-25-16)4-5-23-17(29)27-8-6-26(7-9-27)15(28)11-18(20,21)22/h1-3,10H,4-9,11H2,(H,23,29). The predicted molar refractivity (Wildman–Crippen MR) is 101 cm³/mol. The minimum atomic E-state index is -4.53. The number of rotatable bonds is 5. The van der Waals surface area contributed by atoms with Crippen molar-refractivity contribution in [3.05, 3.63) is 35.2 Å². The van der Waals surface area contributed by atoms with Crippen molar-refractivity contribution in [1.82, 2.24) is 25.3 Å². The molecule has 1 aromatic heterocycles. The summed E-state index contributed by atoms with van der Waals surface area (Å²) in [6.07, 6.45) is -5.71. The molecule has 8 nitrogen and oxygen atoms in total. The fraction of sp³-hybridized carbons (Fsp3) is 0.444. The maximum absolute atomic E-state index is 12.3. The predicted octanol–water partition coefficient (Wildman–Crippen LogP) is 2.74. The first kappa shape index (κ1) is 21.9. The minimum Gasteiger partial charge on any atom is -0.339 e. The minimum absolute atomic E-state index is 0.0645. The normalized spacial score (nSPS) is 14.7. The van der Waals surface area contributed by atoms with E-state index in [1.165, 1.54) is 4.90 Å². The smallest absolute Gasteiger partial charge is 0.339 e. The highest BCUT2D eigenvalue weighted by Crippen LogP contribution is 2.21. The lowest BCUT2D eigenvalue weighted by Crippen LogP contribution is -2.53. The lowest BCUT2D eigenvalue weighted by molar-refractivity contribution is -0.162. The van der Waals surface area contributed by atoms with Crippen molar-refractivity contribution in [2.24, 2.45) is 0 Å². The molecule has 1 fully saturated rings. The summed E-state index contributed by atoms with van der Waals surface area (Å²) < 4.78 is 42.1. The van der Waals surface area contributed by atoms with Gasteiger partial charge < -0.3 is 19.6 Å². The highest BCUT2D eigenvalue weighted by molar-refractivity contribution is 6.30. The number of alkyl halides is 3. The zero-order valence-electron chi connectivity index (χ0n) is 15.8. The Morgan fingerprint density at radius 3 is 2.53 bits per heavy atom. The van der Waals surface area contributed by atoms with Crippen LogP contribution in [0.2, 0.25) is 5.02 Å². The number of urea groups is 1. The quantitative estimate of drug-likeness (QED) is 0.764. The van der Waals surface area contributed by atoms with Crippen LogP contribution in [0.5, 0.6) is 0 Å². The van der Waals surface area contributed by atoms with Crippen molar-refractivity contribution >= 4 is 23.5 Å². The van der Waals surface area contributed by atoms with E-state index < -0.39 is 18.5 Å². The number of carbonyl (C=O) groups excluding carboxylic acids is 2. The third-order valence-electron chi connectivity index (χ3n) is 4.44. The summed E-state index contributed by atoms with van der Waals surface area (Å²) in [4.78, 5) is 30.6. The maximum atomic E-state index is 12.3. The van der Waals surface area contributed by atoms with Crippen LogP contribution in [0.15, 0.2) is 28.8 Å². The van der Waals surface area contributed by atoms with E-state index in [2.05, 4.69) is 15.5 Å². The van der Waals surface area contributed by atoms with Gasteiger partial charge in [0.15, 0.2) is 0 Å². The average molecular weight is 446 g/mol. The van der Waals surface area contributed by atoms with Gasteiger partial charge in [-0.15, -0.1) is 0 Å². The molecule has 2 aromatic rings. The molecule has 2 heterocycles. The first-order chi connectivity index (χ1) is 14.2. The van der Waals surface area contributed by atoms with Gasteiger partial charge in [-0.3, -0.25) is 4.79 Å². The Kier molecular flexibility index (Phi) is 6.80. The summed E-state index contributed by atoms with van der Waals surface area (Å²) in [6.45, 7) is 0.691. The molecule has 0 unspecified atom stereocenters. The van der Waals surface area contributed by atoms with Crippen LogP contribution in [0.3, 0.4) is 0 Å². The van der Waals surface area contributed by atoms with E-state index in [-0.39, 0.29) is 38.8 Å². The van der Waals surface area contributed by atoms with E-state index in [1.54, 1.807) is 24.3 Å². The largest absolute Gasteiger partial charge is 0.397 e. The molecule has 0 atom stereocenters. The van der Waals surface area contributed by atoms with Gasteiger partial charge in [0.25, 0.3) is 0 Å². The molecule has 0 bridgehead atoms. The zero-order valence-corrected chi connectivity index (χ0v) is 16.5. The van der Waals surface area contributed by atoms with Crippen LogP contribution < -0.4 is 5.32 Å². The third-order valence-corrected chi connectivity index (χ3v) is 4.67. The Hall–Kier alpha value is -2.82. The van der Waals surface area contributed by atoms with Crippen LogP contribution in [-0.2, 0) is 11.2 Å². The van der Waals surface area contributed by atoms with Gasteiger partial charge in [0.2, 0.25) is 17.6 Å². The highest BCUT2D eigenvalue weighted by Gasteiger charge is 2.34. The molecule has 3 amide bonds. The molecule has 30 heavy (non-hydrogen) atoms. The second-order valence-corrected chi connectivity index (χ2v) is 7.10. The summed E-state index contributed by atoms with van der Waals surface area (Å²) in [5.41, 5.74) is 0.708. The summed E-state index contributed by atoms with van der Waals surface area (Å²) in [5, 5.41) is 7.12. The topological polar surface area (TPSA) is 91.6 Å². The molecule has 1 aromatic carbocycles. The Morgan fingerprint density at radius 2 is 1.87 bits per heavy atom. The summed E-state index contributed by atoms with van der Waals surface area (Å²) in [5.74, 6) is -0.249. The van der Waals surface area contributed by atoms with Gasteiger partial charge in [0.1, 0.15) is 6.42 Å². The average Bonchev–Trinajstić information content (AvgIpc) is 3.16. The van der Waals surface area contributed by atoms with Crippen molar-refractivity contribution in [2.75, 3.05) is 32.7 Å². The summed E-state index contributed by atoms with van der Waals surface area (Å²) in [7, 11) is 0. The SMILES string of the molecule is O=C(CC(F)(F)F)N1CCN(C(=O)NCCc2nc(-c3cccc(Cl)c3)no2)CC1. The van der Waals surface area contributed by atoms with Gasteiger partial charge in [-0.2, -0.15) is 18.2 Å². The molecule has 0 aliphatic carbocycles. The number of nitrogens with one attached hydrogen (secondary N) is 1. The van der Waals surface area contributed by atoms with Crippen LogP contribution in [0.25, 0.3) is 11.4 Å². The monoisotopic (exact) mass is 445 g/mol. The number of hydrogen-bond acceptors (Lipinski definition) is 5. The molecule has 0 spiro atoms. The van der Waals surface area contributed by atoms with Crippen molar-refractivity contribution in [2.45, 2.75) is 19.0 Å². The number of piperazine rings is 1. The van der Waals surface area contributed by atoms with Gasteiger partial charge in [-0.05, 0) is 12.1 Å². The molecule has 1 aliphatic rings. The van der Waals surface area contributed by atoms with Crippen LogP contribution in [0.4, 0.5) is 18.0 Å². The Morgan fingerprint density at radius 1 is 1.17 bits per heavy atom. The van der Waals surface area contributed by atoms with E-state index in [4.69, 9.17) is 16.1 Å². The highest BCUT2D eigenvalue weighted by atomic mass is 35.5. The van der Waals surface area contributed by atoms with E-state index >= 15 is 0 Å². The van der Waals surface area contributed by atoms with Crippen LogP contribution in [-0.4, -0.2) is 70.8 Å². The fourth-order valence-corrected chi connectivity index (χ4v) is 3.12. The molecular formula is C18H19ClF3N5O3. The van der Waals surface area contributed by atoms with Crippen molar-refractivity contribution in [3.8, 4) is 11.4 Å². The number of nitrogens with zero attached hydrogens (tertiary/aromatic N) is 4. The van der Waals surface area contributed by atoms with Gasteiger partial charge >= 0.3 is 12.2 Å². The van der Waals surface area contributed by atoms with Gasteiger partial charge in [-0.1, -0.05) is 28.9 Å². The number of amides is 3. The molecule has 0 saturated carbocycles. The summed E-state index contributed by atoms with van der Waals surface area (Å²) in [6, 6.07) is 6.63. The van der Waals surface area contributed by atoms with Gasteiger partial charge in [0.05, 0.1) is 0 Å². The van der Waals surface area contributed by atoms with Gasteiger partial charge in [0, 0.05) is 49.7 Å². The molecule has 3 rings (SSSR count). The van der Waals surface area contributed by atoms with Crippen LogP contribution in [0.1, 0.15) is 12.3 Å². The molecular weight excluding hydrogens is 427 g/mol. The number of halogens is 4. The Bertz CT molecular complexity index is 897. The number of aromatic nitrogens is 2. The second kappa shape index (κ2) is 9.33. The van der Waals surface area contributed by atoms with Gasteiger partial charge in [-0.25, -0.2) is 4.79 Å². The van der Waals surface area contributed by atoms with E-state index in [0.29, 0.717) is 28.7 Å². The zero-order chi connectivity index (χ0) is 21.7. The lowest BCUT2D eigenvalue weighted by atomic mass is 10.2. The number of carbonyl (C=O) groups is 2. The molecule has 162 valence electrons. The van der Waals surface area contributed by atoms with E-state index in [0.717, 1.165) is 4.90 Å². The maximum Gasteiger partial charge on any atom is 0.397 e. The second-order valence-electron chi connectivity index (χ2n) is 6.66. The molecule has 12 heteroatoms. The number of hydrogen-bond donors (Lipinski definition) is 1. The first-order valence-electron chi connectivity index (χ1n) is 9.17. The summed E-state index contributed by atoms with van der Waals surface area (Å²) >= 11 is 5.94. The Balaban J connectivity index is 1.41. The van der Waals surface area contributed by atoms with Crippen molar-refractivity contribution < 1.29 is 27.3 Å². The molecule has 1 aliphatic heterocycles. The third kappa shape index (κ3) is 6.09.